The van der Waals surface area contributed by atoms with Crippen LogP contribution in [0, 0.1) is 0 Å². The lowest BCUT2D eigenvalue weighted by atomic mass is 10.2. The van der Waals surface area contributed by atoms with Crippen molar-refractivity contribution in [2.45, 2.75) is 62.5 Å². The number of amides is 1. The van der Waals surface area contributed by atoms with Gasteiger partial charge in [0.05, 0.1) is 10.8 Å². The van der Waals surface area contributed by atoms with Crippen molar-refractivity contribution in [1.29, 1.82) is 0 Å². The first-order valence-corrected chi connectivity index (χ1v) is 10.1. The summed E-state index contributed by atoms with van der Waals surface area (Å²) in [5.74, 6) is 0.0571. The summed E-state index contributed by atoms with van der Waals surface area (Å²) in [4.78, 5) is 17.1. The Kier molecular flexibility index (Phi) is 4.80. The van der Waals surface area contributed by atoms with Crippen LogP contribution >= 0.6 is 11.8 Å². The van der Waals surface area contributed by atoms with E-state index in [1.807, 2.05) is 25.1 Å². The Morgan fingerprint density at radius 2 is 2.08 bits per heavy atom. The number of nitrogens with zero attached hydrogens (tertiary/aromatic N) is 4. The Labute approximate surface area is 156 Å². The van der Waals surface area contributed by atoms with Gasteiger partial charge in [-0.15, -0.1) is 10.2 Å². The molecule has 1 saturated carbocycles. The van der Waals surface area contributed by atoms with E-state index >= 15 is 0 Å². The number of benzene rings is 1. The van der Waals surface area contributed by atoms with Crippen molar-refractivity contribution in [3.63, 3.8) is 0 Å². The molecule has 0 unspecified atom stereocenters. The lowest BCUT2D eigenvalue weighted by Crippen LogP contribution is -2.37. The summed E-state index contributed by atoms with van der Waals surface area (Å²) in [6.45, 7) is 4.81. The highest BCUT2D eigenvalue weighted by atomic mass is 32.2. The van der Waals surface area contributed by atoms with Gasteiger partial charge in [0.15, 0.2) is 5.65 Å². The van der Waals surface area contributed by atoms with E-state index in [1.54, 1.807) is 0 Å². The van der Waals surface area contributed by atoms with Gasteiger partial charge in [0.1, 0.15) is 5.52 Å². The van der Waals surface area contributed by atoms with Crippen LogP contribution in [0.25, 0.3) is 22.1 Å². The summed E-state index contributed by atoms with van der Waals surface area (Å²) in [5, 5.41) is 13.2. The van der Waals surface area contributed by atoms with E-state index in [2.05, 4.69) is 33.1 Å². The molecule has 0 bridgehead atoms. The number of nitrogens with one attached hydrogen (secondary N) is 1. The molecule has 3 aromatic rings. The molecule has 26 heavy (non-hydrogen) atoms. The molecule has 0 saturated heterocycles. The lowest BCUT2D eigenvalue weighted by molar-refractivity contribution is -0.120. The highest BCUT2D eigenvalue weighted by Crippen LogP contribution is 2.28. The predicted molar refractivity (Wildman–Crippen MR) is 104 cm³/mol. The average molecular weight is 369 g/mol. The first-order valence-electron chi connectivity index (χ1n) is 9.26. The Bertz CT molecular complexity index is 948. The SMILES string of the molecule is CCn1c2ccccc2c2nnc(S[C@H](C)C(=O)NC3CCCC3)nc21. The molecule has 1 aliphatic carbocycles. The van der Waals surface area contributed by atoms with Crippen LogP contribution in [0.15, 0.2) is 29.4 Å². The smallest absolute Gasteiger partial charge is 0.233 e. The Morgan fingerprint density at radius 3 is 2.85 bits per heavy atom. The van der Waals surface area contributed by atoms with Crippen molar-refractivity contribution in [3.8, 4) is 0 Å². The second-order valence-corrected chi connectivity index (χ2v) is 8.09. The fourth-order valence-electron chi connectivity index (χ4n) is 3.66. The van der Waals surface area contributed by atoms with Gasteiger partial charge in [-0.3, -0.25) is 4.79 Å². The van der Waals surface area contributed by atoms with Gasteiger partial charge in [0, 0.05) is 18.0 Å². The monoisotopic (exact) mass is 369 g/mol. The molecule has 1 aliphatic rings. The minimum absolute atomic E-state index is 0.0571. The van der Waals surface area contributed by atoms with Crippen LogP contribution in [0.5, 0.6) is 0 Å². The molecule has 2 heterocycles. The topological polar surface area (TPSA) is 72.7 Å². The largest absolute Gasteiger partial charge is 0.352 e. The molecule has 136 valence electrons. The normalized spacial score (nSPS) is 16.4. The van der Waals surface area contributed by atoms with Gasteiger partial charge < -0.3 is 9.88 Å². The third-order valence-corrected chi connectivity index (χ3v) is 5.98. The number of fused-ring (bicyclic) bond motifs is 3. The molecule has 1 amide bonds. The molecule has 4 rings (SSSR count). The highest BCUT2D eigenvalue weighted by Gasteiger charge is 2.23. The van der Waals surface area contributed by atoms with E-state index in [0.717, 1.165) is 41.5 Å². The van der Waals surface area contributed by atoms with Gasteiger partial charge in [-0.25, -0.2) is 4.98 Å². The molecule has 7 heteroatoms. The molecule has 2 aromatic heterocycles. The minimum Gasteiger partial charge on any atom is -0.352 e. The number of carbonyl (C=O) groups excluding carboxylic acids is 1. The lowest BCUT2D eigenvalue weighted by Gasteiger charge is -2.15. The van der Waals surface area contributed by atoms with Crippen LogP contribution in [0.2, 0.25) is 0 Å². The van der Waals surface area contributed by atoms with Crippen LogP contribution in [-0.2, 0) is 11.3 Å². The Hall–Kier alpha value is -2.15. The highest BCUT2D eigenvalue weighted by molar-refractivity contribution is 8.00. The molecule has 0 aliphatic heterocycles. The van der Waals surface area contributed by atoms with Crippen LogP contribution in [0.4, 0.5) is 0 Å². The summed E-state index contributed by atoms with van der Waals surface area (Å²) >= 11 is 1.37. The maximum Gasteiger partial charge on any atom is 0.233 e. The number of carbonyl (C=O) groups is 1. The molecule has 1 atom stereocenters. The molecule has 1 N–H and O–H groups in total. The van der Waals surface area contributed by atoms with Crippen LogP contribution in [0.3, 0.4) is 0 Å². The van der Waals surface area contributed by atoms with Crippen molar-refractivity contribution in [3.05, 3.63) is 24.3 Å². The number of thioether (sulfide) groups is 1. The summed E-state index contributed by atoms with van der Waals surface area (Å²) < 4.78 is 2.15. The van der Waals surface area contributed by atoms with Crippen molar-refractivity contribution in [2.75, 3.05) is 0 Å². The third-order valence-electron chi connectivity index (χ3n) is 5.02. The van der Waals surface area contributed by atoms with Gasteiger partial charge in [0.2, 0.25) is 11.1 Å². The maximum absolute atomic E-state index is 12.4. The number of rotatable bonds is 5. The second-order valence-electron chi connectivity index (χ2n) is 6.78. The molecule has 0 spiro atoms. The Balaban J connectivity index is 1.58. The summed E-state index contributed by atoms with van der Waals surface area (Å²) in [5.41, 5.74) is 2.76. The number of hydrogen-bond donors (Lipinski definition) is 1. The van der Waals surface area contributed by atoms with Gasteiger partial charge in [-0.05, 0) is 32.8 Å². The van der Waals surface area contributed by atoms with E-state index in [0.29, 0.717) is 11.2 Å². The zero-order valence-corrected chi connectivity index (χ0v) is 15.9. The first-order chi connectivity index (χ1) is 12.7. The van der Waals surface area contributed by atoms with Gasteiger partial charge >= 0.3 is 0 Å². The molecular formula is C19H23N5OS. The number of aryl methyl sites for hydroxylation is 1. The Morgan fingerprint density at radius 1 is 1.31 bits per heavy atom. The molecular weight excluding hydrogens is 346 g/mol. The van der Waals surface area contributed by atoms with E-state index < -0.39 is 0 Å². The van der Waals surface area contributed by atoms with E-state index in [4.69, 9.17) is 4.98 Å². The van der Waals surface area contributed by atoms with Crippen molar-refractivity contribution < 1.29 is 4.79 Å². The molecule has 1 aromatic carbocycles. The van der Waals surface area contributed by atoms with Crippen LogP contribution in [-0.4, -0.2) is 36.9 Å². The summed E-state index contributed by atoms with van der Waals surface area (Å²) in [6.07, 6.45) is 4.59. The van der Waals surface area contributed by atoms with Crippen LogP contribution < -0.4 is 5.32 Å². The third kappa shape index (κ3) is 3.16. The van der Waals surface area contributed by atoms with Gasteiger partial charge in [-0.2, -0.15) is 0 Å². The quantitative estimate of drug-likeness (QED) is 0.697. The first kappa shape index (κ1) is 17.3. The van der Waals surface area contributed by atoms with Crippen molar-refractivity contribution in [1.82, 2.24) is 25.1 Å². The summed E-state index contributed by atoms with van der Waals surface area (Å²) in [6, 6.07) is 8.47. The molecule has 6 nitrogen and oxygen atoms in total. The zero-order valence-electron chi connectivity index (χ0n) is 15.1. The van der Waals surface area contributed by atoms with E-state index in [1.165, 1.54) is 24.6 Å². The number of aromatic nitrogens is 4. The summed E-state index contributed by atoms with van der Waals surface area (Å²) in [7, 11) is 0. The average Bonchev–Trinajstić information content (AvgIpc) is 3.26. The second kappa shape index (κ2) is 7.23. The van der Waals surface area contributed by atoms with Gasteiger partial charge in [0.25, 0.3) is 0 Å². The van der Waals surface area contributed by atoms with Crippen molar-refractivity contribution in [2.24, 2.45) is 0 Å². The maximum atomic E-state index is 12.4. The van der Waals surface area contributed by atoms with Crippen molar-refractivity contribution >= 4 is 39.7 Å². The van der Waals surface area contributed by atoms with E-state index in [9.17, 15) is 4.79 Å². The zero-order chi connectivity index (χ0) is 18.1. The fraction of sp³-hybridized carbons (Fsp3) is 0.474. The minimum atomic E-state index is -0.241. The standard InChI is InChI=1S/C19H23N5OS/c1-3-24-15-11-7-6-10-14(15)16-17(24)21-19(23-22-16)26-12(2)18(25)20-13-8-4-5-9-13/h6-7,10-13H,3-5,8-9H2,1-2H3,(H,20,25)/t12-/m1/s1. The molecule has 1 fully saturated rings. The van der Waals surface area contributed by atoms with Crippen LogP contribution in [0.1, 0.15) is 39.5 Å². The predicted octanol–water partition coefficient (Wildman–Crippen LogP) is 3.54. The number of hydrogen-bond acceptors (Lipinski definition) is 5. The number of para-hydroxylation sites is 1. The molecule has 0 radical (unpaired) electrons. The van der Waals surface area contributed by atoms with Gasteiger partial charge in [-0.1, -0.05) is 42.8 Å². The van der Waals surface area contributed by atoms with E-state index in [-0.39, 0.29) is 11.2 Å². The fourth-order valence-corrected chi connectivity index (χ4v) is 4.38.